The molecule has 27 heavy (non-hydrogen) atoms. The molecule has 0 aromatic heterocycles. The summed E-state index contributed by atoms with van der Waals surface area (Å²) in [6.45, 7) is 12.2. The van der Waals surface area contributed by atoms with Crippen molar-refractivity contribution in [3.8, 4) is 11.5 Å². The topological polar surface area (TPSA) is 101 Å². The number of primary amides is 1. The number of amides is 3. The van der Waals surface area contributed by atoms with E-state index in [9.17, 15) is 14.4 Å². The van der Waals surface area contributed by atoms with Crippen LogP contribution in [0.5, 0.6) is 0 Å². The Hall–Kier alpha value is -2.59. The maximum Gasteiger partial charge on any atom is 0.254 e. The molecule has 0 radical (unpaired) electrons. The van der Waals surface area contributed by atoms with Crippen molar-refractivity contribution in [1.82, 2.24) is 5.32 Å². The molecule has 1 rings (SSSR count). The molecular weight excluding hydrogens is 358 g/mol. The summed E-state index contributed by atoms with van der Waals surface area (Å²) in [5.74, 6) is 1.62. The molecule has 0 bridgehead atoms. The largest absolute Gasteiger partial charge is 0.368 e. The number of anilines is 1. The van der Waals surface area contributed by atoms with Crippen LogP contribution in [0, 0.1) is 11.5 Å². The predicted molar refractivity (Wildman–Crippen MR) is 111 cm³/mol. The number of carbonyl (C=O) groups is 3. The Bertz CT molecular complexity index is 786. The zero-order chi connectivity index (χ0) is 20.8. The third-order valence-corrected chi connectivity index (χ3v) is 9.27. The lowest BCUT2D eigenvalue weighted by Crippen LogP contribution is -2.44. The second-order valence-electron chi connectivity index (χ2n) is 8.04. The molecule has 1 aromatic carbocycles. The number of nitrogens with one attached hydrogen (secondary N) is 2. The first-order valence-corrected chi connectivity index (χ1v) is 11.8. The molecule has 6 nitrogen and oxygen atoms in total. The Morgan fingerprint density at radius 1 is 1.19 bits per heavy atom. The van der Waals surface area contributed by atoms with E-state index in [-0.39, 0.29) is 22.9 Å². The van der Waals surface area contributed by atoms with Crippen LogP contribution in [-0.4, -0.2) is 31.8 Å². The van der Waals surface area contributed by atoms with Crippen LogP contribution >= 0.6 is 0 Å². The summed E-state index contributed by atoms with van der Waals surface area (Å²) in [6.07, 6.45) is 0.149. The van der Waals surface area contributed by atoms with Gasteiger partial charge in [-0.05, 0) is 17.2 Å². The third kappa shape index (κ3) is 6.57. The molecule has 0 aliphatic heterocycles. The summed E-state index contributed by atoms with van der Waals surface area (Å²) >= 11 is 0. The van der Waals surface area contributed by atoms with Crippen LogP contribution in [0.4, 0.5) is 5.69 Å². The number of rotatable bonds is 5. The normalized spacial score (nSPS) is 12.4. The summed E-state index contributed by atoms with van der Waals surface area (Å²) < 4.78 is 0. The maximum atomic E-state index is 12.6. The number of benzene rings is 1. The van der Waals surface area contributed by atoms with Crippen LogP contribution in [0.2, 0.25) is 18.1 Å². The van der Waals surface area contributed by atoms with Gasteiger partial charge in [0.1, 0.15) is 14.1 Å². The van der Waals surface area contributed by atoms with E-state index >= 15 is 0 Å². The van der Waals surface area contributed by atoms with Gasteiger partial charge in [-0.1, -0.05) is 46.0 Å². The zero-order valence-corrected chi connectivity index (χ0v) is 17.9. The van der Waals surface area contributed by atoms with E-state index in [0.717, 1.165) is 0 Å². The molecule has 146 valence electrons. The van der Waals surface area contributed by atoms with Crippen LogP contribution in [0.25, 0.3) is 0 Å². The van der Waals surface area contributed by atoms with E-state index in [1.54, 1.807) is 24.3 Å². The maximum absolute atomic E-state index is 12.6. The highest BCUT2D eigenvalue weighted by Crippen LogP contribution is 2.35. The summed E-state index contributed by atoms with van der Waals surface area (Å²) in [6, 6.07) is 5.67. The smallest absolute Gasteiger partial charge is 0.254 e. The molecule has 7 heteroatoms. The van der Waals surface area contributed by atoms with Crippen molar-refractivity contribution in [2.45, 2.75) is 58.3 Å². The van der Waals surface area contributed by atoms with E-state index in [1.165, 1.54) is 6.92 Å². The van der Waals surface area contributed by atoms with Crippen molar-refractivity contribution in [3.05, 3.63) is 29.8 Å². The molecule has 1 atom stereocenters. The second-order valence-corrected chi connectivity index (χ2v) is 13.0. The van der Waals surface area contributed by atoms with Crippen molar-refractivity contribution < 1.29 is 14.4 Å². The van der Waals surface area contributed by atoms with Gasteiger partial charge in [0, 0.05) is 13.3 Å². The van der Waals surface area contributed by atoms with E-state index in [1.807, 2.05) is 0 Å². The van der Waals surface area contributed by atoms with Crippen LogP contribution in [-0.2, 0) is 9.59 Å². The predicted octanol–water partition coefficient (Wildman–Crippen LogP) is 2.67. The molecule has 1 aromatic rings. The van der Waals surface area contributed by atoms with E-state index in [0.29, 0.717) is 5.69 Å². The lowest BCUT2D eigenvalue weighted by atomic mass is 10.1. The van der Waals surface area contributed by atoms with Gasteiger partial charge in [-0.25, -0.2) is 0 Å². The molecule has 0 saturated carbocycles. The molecule has 0 saturated heterocycles. The van der Waals surface area contributed by atoms with Crippen LogP contribution < -0.4 is 16.4 Å². The number of nitrogens with two attached hydrogens (primary N) is 1. The van der Waals surface area contributed by atoms with E-state index in [4.69, 9.17) is 5.73 Å². The summed E-state index contributed by atoms with van der Waals surface area (Å²) in [7, 11) is -1.81. The van der Waals surface area contributed by atoms with Crippen molar-refractivity contribution in [2.24, 2.45) is 5.73 Å². The average molecular weight is 388 g/mol. The van der Waals surface area contributed by atoms with Gasteiger partial charge in [0.05, 0.1) is 11.3 Å². The van der Waals surface area contributed by atoms with Crippen molar-refractivity contribution in [2.75, 3.05) is 5.32 Å². The molecule has 4 N–H and O–H groups in total. The minimum Gasteiger partial charge on any atom is -0.368 e. The summed E-state index contributed by atoms with van der Waals surface area (Å²) in [4.78, 5) is 35.6. The lowest BCUT2D eigenvalue weighted by molar-refractivity contribution is -0.119. The molecule has 3 amide bonds. The fourth-order valence-corrected chi connectivity index (χ4v) is 2.92. The van der Waals surface area contributed by atoms with Crippen molar-refractivity contribution >= 4 is 31.5 Å². The average Bonchev–Trinajstić information content (AvgIpc) is 2.52. The van der Waals surface area contributed by atoms with Crippen molar-refractivity contribution in [1.29, 1.82) is 0 Å². The number of carbonyl (C=O) groups excluding carboxylic acids is 3. The van der Waals surface area contributed by atoms with Gasteiger partial charge >= 0.3 is 0 Å². The Morgan fingerprint density at radius 2 is 1.78 bits per heavy atom. The molecule has 0 fully saturated rings. The van der Waals surface area contributed by atoms with Gasteiger partial charge in [-0.3, -0.25) is 14.4 Å². The highest BCUT2D eigenvalue weighted by molar-refractivity contribution is 6.87. The minimum absolute atomic E-state index is 0.1000. The number of hydrogen-bond acceptors (Lipinski definition) is 3. The summed E-state index contributed by atoms with van der Waals surface area (Å²) in [5.41, 5.74) is 9.38. The molecule has 0 aliphatic carbocycles. The monoisotopic (exact) mass is 387 g/mol. The third-order valence-electron chi connectivity index (χ3n) is 4.71. The van der Waals surface area contributed by atoms with E-state index < -0.39 is 25.9 Å². The molecule has 0 unspecified atom stereocenters. The molecule has 0 aliphatic rings. The minimum atomic E-state index is -1.81. The quantitative estimate of drug-likeness (QED) is 0.535. The van der Waals surface area contributed by atoms with E-state index in [2.05, 4.69) is 56.0 Å². The van der Waals surface area contributed by atoms with Gasteiger partial charge in [-0.2, -0.15) is 0 Å². The second kappa shape index (κ2) is 8.87. The Balaban J connectivity index is 2.96. The Morgan fingerprint density at radius 3 is 2.30 bits per heavy atom. The van der Waals surface area contributed by atoms with Gasteiger partial charge in [0.2, 0.25) is 11.8 Å². The van der Waals surface area contributed by atoms with Gasteiger partial charge in [0.15, 0.2) is 0 Å². The molecule has 0 spiro atoms. The lowest BCUT2D eigenvalue weighted by Gasteiger charge is -2.31. The van der Waals surface area contributed by atoms with Crippen molar-refractivity contribution in [3.63, 3.8) is 0 Å². The number of hydrogen-bond donors (Lipinski definition) is 3. The van der Waals surface area contributed by atoms with Crippen LogP contribution in [0.3, 0.4) is 0 Å². The van der Waals surface area contributed by atoms with Crippen LogP contribution in [0.15, 0.2) is 24.3 Å². The SMILES string of the molecule is CC(=O)Nc1ccccc1C(=O)N[C@H](CC#C[Si](C)(C)C(C)(C)C)C(N)=O. The Kier molecular flexibility index (Phi) is 7.37. The fraction of sp³-hybridized carbons (Fsp3) is 0.450. The van der Waals surface area contributed by atoms with Gasteiger partial charge < -0.3 is 16.4 Å². The molecule has 0 heterocycles. The number of para-hydroxylation sites is 1. The highest BCUT2D eigenvalue weighted by Gasteiger charge is 2.33. The first-order chi connectivity index (χ1) is 12.3. The highest BCUT2D eigenvalue weighted by atomic mass is 28.3. The Labute approximate surface area is 162 Å². The van der Waals surface area contributed by atoms with Crippen LogP contribution in [0.1, 0.15) is 44.5 Å². The molecular formula is C20H29N3O3Si. The summed E-state index contributed by atoms with van der Waals surface area (Å²) in [5, 5.41) is 5.32. The fourth-order valence-electron chi connectivity index (χ4n) is 2.00. The van der Waals surface area contributed by atoms with Gasteiger partial charge in [0.25, 0.3) is 5.91 Å². The van der Waals surface area contributed by atoms with Gasteiger partial charge in [-0.15, -0.1) is 11.5 Å². The zero-order valence-electron chi connectivity index (χ0n) is 16.9. The first kappa shape index (κ1) is 22.4. The first-order valence-electron chi connectivity index (χ1n) is 8.82. The standard InChI is InChI=1S/C20H29N3O3Si/c1-14(24)22-16-11-8-7-10-15(16)19(26)23-17(18(21)25)12-9-13-27(5,6)20(2,3)4/h7-8,10-11,17H,12H2,1-6H3,(H2,21,25)(H,22,24)(H,23,26)/t17-/m1/s1.